The molecule has 0 amide bonds. The first-order chi connectivity index (χ1) is 17.6. The molecule has 0 atom stereocenters. The van der Waals surface area contributed by atoms with Gasteiger partial charge in [0, 0.05) is 24.5 Å². The number of hydrogen-bond donors (Lipinski definition) is 0. The molecule has 1 aromatic carbocycles. The lowest BCUT2D eigenvalue weighted by Crippen LogP contribution is -2.39. The van der Waals surface area contributed by atoms with Crippen molar-refractivity contribution in [2.45, 2.75) is 63.8 Å². The van der Waals surface area contributed by atoms with E-state index in [4.69, 9.17) is 16.6 Å². The van der Waals surface area contributed by atoms with E-state index in [9.17, 15) is 5.26 Å². The van der Waals surface area contributed by atoms with Gasteiger partial charge in [-0.2, -0.15) is 10.2 Å². The third-order valence-corrected chi connectivity index (χ3v) is 8.43. The van der Waals surface area contributed by atoms with Gasteiger partial charge in [0.2, 0.25) is 5.82 Å². The van der Waals surface area contributed by atoms with Crippen molar-refractivity contribution < 1.29 is 0 Å². The maximum Gasteiger partial charge on any atom is 0.234 e. The second-order valence-corrected chi connectivity index (χ2v) is 11.0. The summed E-state index contributed by atoms with van der Waals surface area (Å²) >= 11 is 6.32. The average molecular weight is 497 g/mol. The normalized spacial score (nSPS) is 21.1. The van der Waals surface area contributed by atoms with E-state index in [1.807, 2.05) is 6.07 Å². The zero-order chi connectivity index (χ0) is 24.7. The lowest BCUT2D eigenvalue weighted by atomic mass is 9.63. The van der Waals surface area contributed by atoms with Crippen LogP contribution in [0.5, 0.6) is 0 Å². The first-order valence-corrected chi connectivity index (χ1v) is 13.3. The summed E-state index contributed by atoms with van der Waals surface area (Å²) in [5, 5.41) is 10.3. The van der Waals surface area contributed by atoms with E-state index in [0.29, 0.717) is 22.3 Å². The van der Waals surface area contributed by atoms with Crippen molar-refractivity contribution in [1.29, 1.82) is 5.26 Å². The van der Waals surface area contributed by atoms with Gasteiger partial charge in [0.1, 0.15) is 23.1 Å². The lowest BCUT2D eigenvalue weighted by Gasteiger charge is -2.42. The number of aromatic nitrogens is 5. The van der Waals surface area contributed by atoms with Crippen LogP contribution in [0.3, 0.4) is 0 Å². The fraction of sp³-hybridized carbons (Fsp3) is 0.414. The molecule has 3 heterocycles. The van der Waals surface area contributed by atoms with Gasteiger partial charge >= 0.3 is 0 Å². The molecule has 0 bridgehead atoms. The Hall–Kier alpha value is -3.30. The van der Waals surface area contributed by atoms with Crippen LogP contribution in [0, 0.1) is 23.2 Å². The number of imidazole rings is 1. The summed E-state index contributed by atoms with van der Waals surface area (Å²) in [6.07, 6.45) is 11.6. The van der Waals surface area contributed by atoms with Crippen LogP contribution in [-0.4, -0.2) is 24.5 Å². The van der Waals surface area contributed by atoms with Crippen molar-refractivity contribution in [3.05, 3.63) is 71.0 Å². The summed E-state index contributed by atoms with van der Waals surface area (Å²) in [5.41, 5.74) is 4.06. The molecule has 2 aliphatic rings. The summed E-state index contributed by atoms with van der Waals surface area (Å²) in [7, 11) is 0. The molecule has 3 aromatic heterocycles. The molecule has 2 fully saturated rings. The first-order valence-electron chi connectivity index (χ1n) is 12.9. The third-order valence-electron chi connectivity index (χ3n) is 8.22. The third kappa shape index (κ3) is 3.96. The van der Waals surface area contributed by atoms with Crippen molar-refractivity contribution in [3.8, 4) is 17.3 Å². The Kier molecular flexibility index (Phi) is 5.97. The highest BCUT2D eigenvalue weighted by atomic mass is 35.5. The smallest absolute Gasteiger partial charge is 0.234 e. The molecule has 0 radical (unpaired) electrons. The molecule has 0 N–H and O–H groups in total. The van der Waals surface area contributed by atoms with E-state index in [1.54, 1.807) is 12.4 Å². The van der Waals surface area contributed by atoms with Crippen LogP contribution >= 0.6 is 11.6 Å². The predicted molar refractivity (Wildman–Crippen MR) is 140 cm³/mol. The highest BCUT2D eigenvalue weighted by Crippen LogP contribution is 2.50. The molecule has 6 nitrogen and oxygen atoms in total. The minimum Gasteiger partial charge on any atom is -0.324 e. The van der Waals surface area contributed by atoms with E-state index < -0.39 is 0 Å². The first kappa shape index (κ1) is 23.1. The topological polar surface area (TPSA) is 80.3 Å². The van der Waals surface area contributed by atoms with Crippen LogP contribution in [0.4, 0.5) is 0 Å². The fourth-order valence-electron chi connectivity index (χ4n) is 6.07. The Labute approximate surface area is 216 Å². The molecule has 0 unspecified atom stereocenters. The molecule has 0 aliphatic heterocycles. The summed E-state index contributed by atoms with van der Waals surface area (Å²) in [6, 6.07) is 14.7. The van der Waals surface area contributed by atoms with Crippen LogP contribution in [0.15, 0.2) is 48.8 Å². The van der Waals surface area contributed by atoms with Gasteiger partial charge in [0.25, 0.3) is 0 Å². The molecule has 2 aliphatic carbocycles. The van der Waals surface area contributed by atoms with Crippen LogP contribution in [-0.2, 0) is 12.0 Å². The zero-order valence-electron chi connectivity index (χ0n) is 20.5. The van der Waals surface area contributed by atoms with Gasteiger partial charge in [0.15, 0.2) is 5.65 Å². The molecule has 6 rings (SSSR count). The number of halogens is 1. The van der Waals surface area contributed by atoms with E-state index in [0.717, 1.165) is 42.2 Å². The maximum atomic E-state index is 9.73. The van der Waals surface area contributed by atoms with E-state index >= 15 is 0 Å². The van der Waals surface area contributed by atoms with E-state index in [1.165, 1.54) is 37.7 Å². The van der Waals surface area contributed by atoms with Crippen molar-refractivity contribution in [3.63, 3.8) is 0 Å². The maximum absolute atomic E-state index is 9.73. The minimum absolute atomic E-state index is 0.113. The number of rotatable bonds is 5. The number of pyridine rings is 1. The number of benzene rings is 1. The van der Waals surface area contributed by atoms with E-state index in [-0.39, 0.29) is 11.2 Å². The Morgan fingerprint density at radius 1 is 1.06 bits per heavy atom. The van der Waals surface area contributed by atoms with Crippen LogP contribution in [0.25, 0.3) is 22.4 Å². The van der Waals surface area contributed by atoms with Crippen molar-refractivity contribution in [1.82, 2.24) is 24.5 Å². The molecule has 0 spiro atoms. The second-order valence-electron chi connectivity index (χ2n) is 10.5. The molecule has 4 aromatic rings. The number of nitrogens with zero attached hydrogens (tertiary/aromatic N) is 6. The Morgan fingerprint density at radius 2 is 1.83 bits per heavy atom. The second kappa shape index (κ2) is 9.29. The zero-order valence-corrected chi connectivity index (χ0v) is 21.2. The minimum atomic E-state index is -0.152. The quantitative estimate of drug-likeness (QED) is 0.306. The van der Waals surface area contributed by atoms with Gasteiger partial charge in [-0.15, -0.1) is 0 Å². The predicted octanol–water partition coefficient (Wildman–Crippen LogP) is 6.71. The highest BCUT2D eigenvalue weighted by molar-refractivity contribution is 6.30. The summed E-state index contributed by atoms with van der Waals surface area (Å²) in [4.78, 5) is 18.8. The molecule has 2 saturated carbocycles. The summed E-state index contributed by atoms with van der Waals surface area (Å²) < 4.78 is 2.39. The lowest BCUT2D eigenvalue weighted by molar-refractivity contribution is 0.242. The van der Waals surface area contributed by atoms with Gasteiger partial charge in [-0.3, -0.25) is 4.98 Å². The van der Waals surface area contributed by atoms with Gasteiger partial charge in [-0.25, -0.2) is 9.97 Å². The molecular weight excluding hydrogens is 468 g/mol. The molecule has 0 saturated heterocycles. The summed E-state index contributed by atoms with van der Waals surface area (Å²) in [6.45, 7) is 3.23. The molecule has 36 heavy (non-hydrogen) atoms. The number of nitriles is 1. The Morgan fingerprint density at radius 3 is 2.50 bits per heavy atom. The van der Waals surface area contributed by atoms with Crippen LogP contribution in [0.1, 0.15) is 69.1 Å². The van der Waals surface area contributed by atoms with Crippen molar-refractivity contribution in [2.75, 3.05) is 0 Å². The Bertz CT molecular complexity index is 1440. The standard InChI is InChI=1S/C29H29ClN6/c1-19-8-10-20(11-9-19)18-36-26-25(21-14-23(30)17-32-16-21)33-24(15-31)34-27(26)35-28(36)29(12-5-13-29)22-6-3-2-4-7-22/h2-4,6-7,14,16-17,19-20H,5,8-13,18H2,1H3/t19-,20-. The highest BCUT2D eigenvalue weighted by Gasteiger charge is 2.45. The fourth-order valence-corrected chi connectivity index (χ4v) is 6.24. The Balaban J connectivity index is 1.60. The molecule has 7 heteroatoms. The van der Waals surface area contributed by atoms with E-state index in [2.05, 4.69) is 62.8 Å². The molecular formula is C29H29ClN6. The monoisotopic (exact) mass is 496 g/mol. The number of fused-ring (bicyclic) bond motifs is 1. The van der Waals surface area contributed by atoms with Gasteiger partial charge in [-0.1, -0.05) is 68.1 Å². The van der Waals surface area contributed by atoms with Gasteiger partial charge in [0.05, 0.1) is 10.4 Å². The SMILES string of the molecule is C[C@H]1CC[C@H](Cn2c(C3(c4ccccc4)CCC3)nc3nc(C#N)nc(-c4cncc(Cl)c4)c32)CC1. The van der Waals surface area contributed by atoms with Crippen LogP contribution in [0.2, 0.25) is 5.02 Å². The largest absolute Gasteiger partial charge is 0.324 e. The van der Waals surface area contributed by atoms with Gasteiger partial charge < -0.3 is 4.57 Å². The summed E-state index contributed by atoms with van der Waals surface area (Å²) in [5.74, 6) is 2.53. The molecule has 182 valence electrons. The van der Waals surface area contributed by atoms with Crippen molar-refractivity contribution in [2.24, 2.45) is 11.8 Å². The average Bonchev–Trinajstić information content (AvgIpc) is 3.23. The number of hydrogen-bond acceptors (Lipinski definition) is 5. The van der Waals surface area contributed by atoms with Crippen LogP contribution < -0.4 is 0 Å². The van der Waals surface area contributed by atoms with Crippen molar-refractivity contribution >= 4 is 22.8 Å². The van der Waals surface area contributed by atoms with Gasteiger partial charge in [-0.05, 0) is 49.1 Å².